The first-order valence-electron chi connectivity index (χ1n) is 7.49. The topological polar surface area (TPSA) is 118 Å². The first-order valence-corrected chi connectivity index (χ1v) is 8.48. The summed E-state index contributed by atoms with van der Waals surface area (Å²) < 4.78 is 5.30. The fraction of sp³-hybridized carbons (Fsp3) is 0.312. The zero-order valence-corrected chi connectivity index (χ0v) is 13.6. The van der Waals surface area contributed by atoms with Crippen LogP contribution in [0, 0.1) is 0 Å². The van der Waals surface area contributed by atoms with Crippen molar-refractivity contribution in [1.82, 2.24) is 10.3 Å². The predicted octanol–water partition coefficient (Wildman–Crippen LogP) is 1.38. The first kappa shape index (κ1) is 16.5. The first-order chi connectivity index (χ1) is 11.5. The highest BCUT2D eigenvalue weighted by molar-refractivity contribution is 8.14. The Morgan fingerprint density at radius 3 is 2.88 bits per heavy atom. The molecular formula is C16H17N3O4S. The van der Waals surface area contributed by atoms with Crippen LogP contribution >= 0.6 is 11.8 Å². The lowest BCUT2D eigenvalue weighted by molar-refractivity contribution is -0.112. The molecule has 1 fully saturated rings. The number of thioether (sulfide) groups is 1. The molecule has 1 aliphatic heterocycles. The van der Waals surface area contributed by atoms with E-state index in [4.69, 9.17) is 10.2 Å². The van der Waals surface area contributed by atoms with E-state index >= 15 is 0 Å². The molecule has 0 spiro atoms. The Hall–Kier alpha value is -2.32. The van der Waals surface area contributed by atoms with Crippen molar-refractivity contribution in [2.45, 2.75) is 24.9 Å². The number of oxazole rings is 1. The Bertz CT molecular complexity index is 744. The molecule has 1 aromatic carbocycles. The normalized spacial score (nSPS) is 18.5. The number of nitrogens with two attached hydrogens (primary N) is 1. The van der Waals surface area contributed by atoms with Gasteiger partial charge in [0.2, 0.25) is 11.0 Å². The molecule has 0 aliphatic carbocycles. The van der Waals surface area contributed by atoms with Gasteiger partial charge in [0.1, 0.15) is 12.0 Å². The lowest BCUT2D eigenvalue weighted by Crippen LogP contribution is -2.37. The number of benzene rings is 1. The van der Waals surface area contributed by atoms with Crippen LogP contribution in [-0.4, -0.2) is 32.9 Å². The Balaban J connectivity index is 1.62. The Morgan fingerprint density at radius 2 is 2.21 bits per heavy atom. The van der Waals surface area contributed by atoms with Crippen molar-refractivity contribution in [2.24, 2.45) is 5.73 Å². The van der Waals surface area contributed by atoms with Crippen molar-refractivity contribution in [3.05, 3.63) is 47.7 Å². The van der Waals surface area contributed by atoms with Crippen LogP contribution in [0.1, 0.15) is 34.4 Å². The largest absolute Gasteiger partial charge is 0.508 e. The number of nitrogens with zero attached hydrogens (tertiary/aromatic N) is 1. The summed E-state index contributed by atoms with van der Waals surface area (Å²) in [6.07, 6.45) is 2.33. The zero-order valence-electron chi connectivity index (χ0n) is 12.8. The highest BCUT2D eigenvalue weighted by Gasteiger charge is 2.28. The standard InChI is InChI=1S/C16H17N3O4S/c17-11(7-9-1-3-10(20)4-2-9)15-19-13(8-23-15)14(21)18-12-5-6-24-16(12)22/h1-4,8,11-12,20H,5-7,17H2,(H,18,21). The van der Waals surface area contributed by atoms with Crippen molar-refractivity contribution in [3.8, 4) is 5.75 Å². The number of rotatable bonds is 5. The van der Waals surface area contributed by atoms with Gasteiger partial charge in [-0.15, -0.1) is 0 Å². The summed E-state index contributed by atoms with van der Waals surface area (Å²) in [5.41, 5.74) is 7.08. The van der Waals surface area contributed by atoms with Gasteiger partial charge in [-0.1, -0.05) is 23.9 Å². The molecule has 1 aromatic heterocycles. The fourth-order valence-electron chi connectivity index (χ4n) is 2.39. The Kier molecular flexibility index (Phi) is 4.86. The quantitative estimate of drug-likeness (QED) is 0.748. The van der Waals surface area contributed by atoms with Gasteiger partial charge in [-0.2, -0.15) is 0 Å². The number of hydrogen-bond donors (Lipinski definition) is 3. The number of nitrogens with one attached hydrogen (secondary N) is 1. The molecule has 24 heavy (non-hydrogen) atoms. The van der Waals surface area contributed by atoms with Gasteiger partial charge in [-0.05, 0) is 30.5 Å². The maximum absolute atomic E-state index is 12.1. The number of carbonyl (C=O) groups excluding carboxylic acids is 2. The molecule has 8 heteroatoms. The average Bonchev–Trinajstić information content (AvgIpc) is 3.19. The second kappa shape index (κ2) is 7.06. The average molecular weight is 347 g/mol. The van der Waals surface area contributed by atoms with Gasteiger partial charge in [0, 0.05) is 5.75 Å². The summed E-state index contributed by atoms with van der Waals surface area (Å²) in [4.78, 5) is 27.8. The second-order valence-electron chi connectivity index (χ2n) is 5.53. The second-order valence-corrected chi connectivity index (χ2v) is 6.63. The monoisotopic (exact) mass is 347 g/mol. The van der Waals surface area contributed by atoms with E-state index in [0.29, 0.717) is 18.6 Å². The number of aromatic nitrogens is 1. The Labute approximate surface area is 142 Å². The minimum atomic E-state index is -0.514. The van der Waals surface area contributed by atoms with Crippen molar-refractivity contribution in [1.29, 1.82) is 0 Å². The number of amides is 1. The van der Waals surface area contributed by atoms with Gasteiger partial charge >= 0.3 is 0 Å². The minimum absolute atomic E-state index is 0.0314. The molecule has 0 bridgehead atoms. The molecule has 4 N–H and O–H groups in total. The van der Waals surface area contributed by atoms with Crippen LogP contribution in [0.2, 0.25) is 0 Å². The lowest BCUT2D eigenvalue weighted by atomic mass is 10.1. The van der Waals surface area contributed by atoms with Crippen LogP contribution in [0.15, 0.2) is 34.9 Å². The molecule has 3 rings (SSSR count). The van der Waals surface area contributed by atoms with E-state index in [1.54, 1.807) is 24.3 Å². The van der Waals surface area contributed by atoms with Crippen molar-refractivity contribution >= 4 is 22.8 Å². The molecule has 7 nitrogen and oxygen atoms in total. The number of hydrogen-bond acceptors (Lipinski definition) is 7. The van der Waals surface area contributed by atoms with E-state index in [1.165, 1.54) is 18.0 Å². The smallest absolute Gasteiger partial charge is 0.273 e. The van der Waals surface area contributed by atoms with Crippen LogP contribution in [0.5, 0.6) is 5.75 Å². The summed E-state index contributed by atoms with van der Waals surface area (Å²) in [7, 11) is 0. The van der Waals surface area contributed by atoms with Gasteiger partial charge in [-0.3, -0.25) is 9.59 Å². The van der Waals surface area contributed by atoms with E-state index in [1.807, 2.05) is 0 Å². The van der Waals surface area contributed by atoms with Crippen molar-refractivity contribution < 1.29 is 19.1 Å². The minimum Gasteiger partial charge on any atom is -0.508 e. The number of phenols is 1. The van der Waals surface area contributed by atoms with Gasteiger partial charge in [0.05, 0.1) is 12.1 Å². The van der Waals surface area contributed by atoms with Gasteiger partial charge in [0.25, 0.3) is 5.91 Å². The maximum Gasteiger partial charge on any atom is 0.273 e. The summed E-state index contributed by atoms with van der Waals surface area (Å²) in [5, 5.41) is 11.9. The highest BCUT2D eigenvalue weighted by atomic mass is 32.2. The molecule has 0 radical (unpaired) electrons. The number of phenolic OH excluding ortho intramolecular Hbond substituents is 1. The summed E-state index contributed by atoms with van der Waals surface area (Å²) in [6.45, 7) is 0. The van der Waals surface area contributed by atoms with Crippen LogP contribution in [0.3, 0.4) is 0 Å². The molecule has 2 aromatic rings. The SMILES string of the molecule is NC(Cc1ccc(O)cc1)c1nc(C(=O)NC2CCSC2=O)co1. The number of aromatic hydroxyl groups is 1. The molecule has 2 unspecified atom stereocenters. The maximum atomic E-state index is 12.1. The van der Waals surface area contributed by atoms with Crippen molar-refractivity contribution in [2.75, 3.05) is 5.75 Å². The van der Waals surface area contributed by atoms with E-state index in [2.05, 4.69) is 10.3 Å². The molecule has 0 saturated carbocycles. The van der Waals surface area contributed by atoms with Crippen LogP contribution in [-0.2, 0) is 11.2 Å². The molecule has 1 saturated heterocycles. The third-order valence-corrected chi connectivity index (χ3v) is 4.71. The van der Waals surface area contributed by atoms with Crippen LogP contribution < -0.4 is 11.1 Å². The zero-order chi connectivity index (χ0) is 17.1. The van der Waals surface area contributed by atoms with Crippen LogP contribution in [0.25, 0.3) is 0 Å². The molecule has 1 aliphatic rings. The predicted molar refractivity (Wildman–Crippen MR) is 88.6 cm³/mol. The number of carbonyl (C=O) groups is 2. The van der Waals surface area contributed by atoms with E-state index < -0.39 is 18.0 Å². The van der Waals surface area contributed by atoms with Gasteiger partial charge in [0.15, 0.2) is 5.69 Å². The van der Waals surface area contributed by atoms with Crippen LogP contribution in [0.4, 0.5) is 0 Å². The summed E-state index contributed by atoms with van der Waals surface area (Å²) >= 11 is 1.22. The van der Waals surface area contributed by atoms with Crippen molar-refractivity contribution in [3.63, 3.8) is 0 Å². The highest BCUT2D eigenvalue weighted by Crippen LogP contribution is 2.21. The third kappa shape index (κ3) is 3.77. The Morgan fingerprint density at radius 1 is 1.46 bits per heavy atom. The molecule has 1 amide bonds. The molecule has 126 valence electrons. The summed E-state index contributed by atoms with van der Waals surface area (Å²) in [5.74, 6) is 0.704. The molecular weight excluding hydrogens is 330 g/mol. The van der Waals surface area contributed by atoms with E-state index in [9.17, 15) is 14.7 Å². The fourth-order valence-corrected chi connectivity index (χ4v) is 3.33. The van der Waals surface area contributed by atoms with Gasteiger partial charge < -0.3 is 20.6 Å². The third-order valence-electron chi connectivity index (χ3n) is 3.70. The summed E-state index contributed by atoms with van der Waals surface area (Å²) in [6, 6.07) is 5.69. The lowest BCUT2D eigenvalue weighted by Gasteiger charge is -2.08. The molecule has 2 atom stereocenters. The van der Waals surface area contributed by atoms with E-state index in [-0.39, 0.29) is 22.4 Å². The molecule has 2 heterocycles. The van der Waals surface area contributed by atoms with Gasteiger partial charge in [-0.25, -0.2) is 4.98 Å². The van der Waals surface area contributed by atoms with E-state index in [0.717, 1.165) is 5.56 Å².